The third-order valence-electron chi connectivity index (χ3n) is 2.80. The van der Waals surface area contributed by atoms with E-state index in [4.69, 9.17) is 0 Å². The Kier molecular flexibility index (Phi) is 6.05. The SMILES string of the molecule is CC(C)C[C@@H](CO[N+](=O)[O-])NC(=O)[C@H]1NC(=O)SC1C. The summed E-state index contributed by atoms with van der Waals surface area (Å²) in [6.07, 6.45) is 0.557. The Morgan fingerprint density at radius 2 is 2.25 bits per heavy atom. The summed E-state index contributed by atoms with van der Waals surface area (Å²) in [7, 11) is 0. The number of rotatable bonds is 7. The number of carbonyl (C=O) groups is 2. The highest BCUT2D eigenvalue weighted by Crippen LogP contribution is 2.22. The first-order valence-corrected chi connectivity index (χ1v) is 7.22. The maximum Gasteiger partial charge on any atom is 0.294 e. The van der Waals surface area contributed by atoms with E-state index in [-0.39, 0.29) is 28.9 Å². The maximum absolute atomic E-state index is 12.1. The molecule has 2 N–H and O–H groups in total. The quantitative estimate of drug-likeness (QED) is 0.535. The van der Waals surface area contributed by atoms with Crippen LogP contribution in [-0.4, -0.2) is 40.2 Å². The first-order valence-electron chi connectivity index (χ1n) is 6.34. The molecular formula is C11H19N3O5S. The fraction of sp³-hybridized carbons (Fsp3) is 0.818. The van der Waals surface area contributed by atoms with E-state index in [1.807, 2.05) is 13.8 Å². The molecule has 0 saturated carbocycles. The van der Waals surface area contributed by atoms with Crippen LogP contribution in [0.1, 0.15) is 27.2 Å². The van der Waals surface area contributed by atoms with Gasteiger partial charge >= 0.3 is 0 Å². The van der Waals surface area contributed by atoms with Gasteiger partial charge in [0.1, 0.15) is 12.6 Å². The second-order valence-corrected chi connectivity index (χ2v) is 6.44. The van der Waals surface area contributed by atoms with E-state index in [2.05, 4.69) is 15.5 Å². The van der Waals surface area contributed by atoms with Gasteiger partial charge in [0, 0.05) is 5.25 Å². The largest absolute Gasteiger partial charge is 0.350 e. The Balaban J connectivity index is 2.56. The Bertz CT molecular complexity index is 390. The van der Waals surface area contributed by atoms with Crippen LogP contribution in [0.4, 0.5) is 4.79 Å². The van der Waals surface area contributed by atoms with E-state index in [0.717, 1.165) is 11.8 Å². The van der Waals surface area contributed by atoms with Crippen molar-refractivity contribution in [2.75, 3.05) is 6.61 Å². The van der Waals surface area contributed by atoms with Crippen molar-refractivity contribution in [3.63, 3.8) is 0 Å². The Labute approximate surface area is 121 Å². The summed E-state index contributed by atoms with van der Waals surface area (Å²) in [6.45, 7) is 5.47. The number of nitrogens with one attached hydrogen (secondary N) is 2. The summed E-state index contributed by atoms with van der Waals surface area (Å²) in [4.78, 5) is 37.8. The first-order chi connectivity index (χ1) is 9.29. The van der Waals surface area contributed by atoms with Crippen molar-refractivity contribution in [1.82, 2.24) is 10.6 Å². The summed E-state index contributed by atoms with van der Waals surface area (Å²) in [5, 5.41) is 14.2. The van der Waals surface area contributed by atoms with Gasteiger partial charge in [0.05, 0.1) is 6.04 Å². The average molecular weight is 305 g/mol. The number of amides is 2. The lowest BCUT2D eigenvalue weighted by Gasteiger charge is -2.22. The van der Waals surface area contributed by atoms with Crippen molar-refractivity contribution in [2.45, 2.75) is 44.5 Å². The average Bonchev–Trinajstić information content (AvgIpc) is 2.64. The Morgan fingerprint density at radius 1 is 1.60 bits per heavy atom. The van der Waals surface area contributed by atoms with Crippen LogP contribution in [0.25, 0.3) is 0 Å². The van der Waals surface area contributed by atoms with Crippen LogP contribution in [0.5, 0.6) is 0 Å². The minimum atomic E-state index is -0.880. The maximum atomic E-state index is 12.1. The summed E-state index contributed by atoms with van der Waals surface area (Å²) in [5.41, 5.74) is 0. The monoisotopic (exact) mass is 305 g/mol. The van der Waals surface area contributed by atoms with Crippen LogP contribution in [0.2, 0.25) is 0 Å². The van der Waals surface area contributed by atoms with Crippen molar-refractivity contribution >= 4 is 22.9 Å². The van der Waals surface area contributed by atoms with Gasteiger partial charge in [0.25, 0.3) is 10.3 Å². The lowest BCUT2D eigenvalue weighted by atomic mass is 10.0. The lowest BCUT2D eigenvalue weighted by Crippen LogP contribution is -2.50. The van der Waals surface area contributed by atoms with Crippen molar-refractivity contribution < 1.29 is 19.5 Å². The number of hydrogen-bond donors (Lipinski definition) is 2. The fourth-order valence-electron chi connectivity index (χ4n) is 1.97. The summed E-state index contributed by atoms with van der Waals surface area (Å²) in [6, 6.07) is -1.07. The molecule has 0 aliphatic carbocycles. The normalized spacial score (nSPS) is 23.3. The van der Waals surface area contributed by atoms with E-state index < -0.39 is 17.2 Å². The minimum Gasteiger partial charge on any atom is -0.350 e. The molecule has 1 aliphatic rings. The van der Waals surface area contributed by atoms with Gasteiger partial charge in [-0.25, -0.2) is 0 Å². The van der Waals surface area contributed by atoms with Gasteiger partial charge in [-0.3, -0.25) is 9.59 Å². The summed E-state index contributed by atoms with van der Waals surface area (Å²) in [5.74, 6) is -0.0888. The van der Waals surface area contributed by atoms with Crippen LogP contribution in [0.15, 0.2) is 0 Å². The number of hydrogen-bond acceptors (Lipinski definition) is 6. The van der Waals surface area contributed by atoms with E-state index in [9.17, 15) is 19.7 Å². The van der Waals surface area contributed by atoms with Crippen LogP contribution in [0.3, 0.4) is 0 Å². The molecule has 0 radical (unpaired) electrons. The molecule has 0 aromatic heterocycles. The second kappa shape index (κ2) is 7.32. The van der Waals surface area contributed by atoms with Crippen LogP contribution < -0.4 is 10.6 Å². The lowest BCUT2D eigenvalue weighted by molar-refractivity contribution is -0.758. The predicted molar refractivity (Wildman–Crippen MR) is 73.7 cm³/mol. The molecule has 2 amide bonds. The molecule has 114 valence electrons. The molecule has 8 nitrogen and oxygen atoms in total. The van der Waals surface area contributed by atoms with Gasteiger partial charge in [-0.2, -0.15) is 0 Å². The molecular weight excluding hydrogens is 286 g/mol. The zero-order valence-electron chi connectivity index (χ0n) is 11.6. The predicted octanol–water partition coefficient (Wildman–Crippen LogP) is 0.939. The van der Waals surface area contributed by atoms with Crippen molar-refractivity contribution in [3.05, 3.63) is 10.1 Å². The molecule has 1 saturated heterocycles. The van der Waals surface area contributed by atoms with E-state index >= 15 is 0 Å². The topological polar surface area (TPSA) is 111 Å². The molecule has 9 heteroatoms. The van der Waals surface area contributed by atoms with Gasteiger partial charge in [0.15, 0.2) is 0 Å². The molecule has 0 bridgehead atoms. The highest BCUT2D eigenvalue weighted by atomic mass is 32.2. The molecule has 1 aliphatic heterocycles. The van der Waals surface area contributed by atoms with E-state index in [1.165, 1.54) is 0 Å². The molecule has 1 rings (SSSR count). The van der Waals surface area contributed by atoms with Gasteiger partial charge in [-0.1, -0.05) is 32.5 Å². The zero-order chi connectivity index (χ0) is 15.3. The number of thioether (sulfide) groups is 1. The smallest absolute Gasteiger partial charge is 0.294 e. The molecule has 0 spiro atoms. The highest BCUT2D eigenvalue weighted by Gasteiger charge is 2.36. The third kappa shape index (κ3) is 5.24. The van der Waals surface area contributed by atoms with Crippen molar-refractivity contribution in [1.29, 1.82) is 0 Å². The van der Waals surface area contributed by atoms with Crippen LogP contribution in [-0.2, 0) is 9.63 Å². The van der Waals surface area contributed by atoms with Crippen molar-refractivity contribution in [3.8, 4) is 0 Å². The molecule has 20 heavy (non-hydrogen) atoms. The van der Waals surface area contributed by atoms with Crippen LogP contribution >= 0.6 is 11.8 Å². The Hall–Kier alpha value is -1.51. The van der Waals surface area contributed by atoms with Crippen LogP contribution in [0, 0.1) is 16.0 Å². The van der Waals surface area contributed by atoms with E-state index in [0.29, 0.717) is 6.42 Å². The molecule has 1 heterocycles. The minimum absolute atomic E-state index is 0.168. The fourth-order valence-corrected chi connectivity index (χ4v) is 2.83. The second-order valence-electron chi connectivity index (χ2n) is 5.09. The summed E-state index contributed by atoms with van der Waals surface area (Å²) >= 11 is 1.07. The zero-order valence-corrected chi connectivity index (χ0v) is 12.4. The Morgan fingerprint density at radius 3 is 2.70 bits per heavy atom. The standard InChI is InChI=1S/C11H19N3O5S/c1-6(2)4-8(5-19-14(17)18)12-10(15)9-7(3)20-11(16)13-9/h6-9H,4-5H2,1-3H3,(H,12,15)(H,13,16)/t7?,8-,9-/m0/s1. The molecule has 3 atom stereocenters. The van der Waals surface area contributed by atoms with Gasteiger partial charge < -0.3 is 15.5 Å². The van der Waals surface area contributed by atoms with E-state index in [1.54, 1.807) is 6.92 Å². The van der Waals surface area contributed by atoms with Gasteiger partial charge in [-0.05, 0) is 12.3 Å². The summed E-state index contributed by atoms with van der Waals surface area (Å²) < 4.78 is 0. The first kappa shape index (κ1) is 16.5. The highest BCUT2D eigenvalue weighted by molar-refractivity contribution is 8.14. The van der Waals surface area contributed by atoms with Crippen molar-refractivity contribution in [2.24, 2.45) is 5.92 Å². The number of nitrogens with zero attached hydrogens (tertiary/aromatic N) is 1. The van der Waals surface area contributed by atoms with Gasteiger partial charge in [-0.15, -0.1) is 10.1 Å². The van der Waals surface area contributed by atoms with Gasteiger partial charge in [0.2, 0.25) is 5.91 Å². The molecule has 1 fully saturated rings. The molecule has 0 aromatic carbocycles. The third-order valence-corrected chi connectivity index (χ3v) is 3.78. The molecule has 0 aromatic rings. The number of carbonyl (C=O) groups excluding carboxylic acids is 2. The molecule has 1 unspecified atom stereocenters.